The van der Waals surface area contributed by atoms with Gasteiger partial charge in [0.2, 0.25) is 0 Å². The summed E-state index contributed by atoms with van der Waals surface area (Å²) >= 11 is 0. The number of aromatic nitrogens is 1. The number of nitrogens with zero attached hydrogens (tertiary/aromatic N) is 2. The number of pyridine rings is 1. The number of ether oxygens (including phenoxy) is 1. The molecule has 0 bridgehead atoms. The van der Waals surface area contributed by atoms with Crippen molar-refractivity contribution in [3.05, 3.63) is 77.2 Å². The Morgan fingerprint density at radius 3 is 2.67 bits per heavy atom. The number of amides is 1. The monoisotopic (exact) mass is 407 g/mol. The van der Waals surface area contributed by atoms with Crippen LogP contribution in [0.1, 0.15) is 35.3 Å². The highest BCUT2D eigenvalue weighted by molar-refractivity contribution is 5.97. The highest BCUT2D eigenvalue weighted by Gasteiger charge is 2.22. The quantitative estimate of drug-likeness (QED) is 0.697. The van der Waals surface area contributed by atoms with Crippen LogP contribution in [0.25, 0.3) is 10.9 Å². The summed E-state index contributed by atoms with van der Waals surface area (Å²) in [5.41, 5.74) is 2.94. The predicted octanol–water partition coefficient (Wildman–Crippen LogP) is 3.91. The Kier molecular flexibility index (Phi) is 6.06. The number of rotatable bonds is 5. The largest absolute Gasteiger partial charge is 0.373 e. The van der Waals surface area contributed by atoms with Gasteiger partial charge in [-0.1, -0.05) is 36.4 Å². The minimum absolute atomic E-state index is 0.227. The maximum Gasteiger partial charge on any atom is 0.253 e. The van der Waals surface area contributed by atoms with Gasteiger partial charge in [0.15, 0.2) is 0 Å². The molecule has 1 aliphatic rings. The topological polar surface area (TPSA) is 54.5 Å². The van der Waals surface area contributed by atoms with Crippen LogP contribution in [-0.4, -0.2) is 41.1 Å². The zero-order chi connectivity index (χ0) is 21.1. The number of benzene rings is 2. The van der Waals surface area contributed by atoms with Crippen LogP contribution in [-0.2, 0) is 17.8 Å². The molecule has 1 fully saturated rings. The molecule has 1 aliphatic heterocycles. The summed E-state index contributed by atoms with van der Waals surface area (Å²) < 4.78 is 19.6. The third kappa shape index (κ3) is 4.83. The number of fused-ring (bicyclic) bond motifs is 1. The maximum atomic E-state index is 13.8. The first kappa shape index (κ1) is 20.4. The highest BCUT2D eigenvalue weighted by atomic mass is 19.1. The molecule has 2 unspecified atom stereocenters. The van der Waals surface area contributed by atoms with Crippen LogP contribution in [0.5, 0.6) is 0 Å². The number of morpholine rings is 1. The normalized spacial score (nSPS) is 19.7. The molecular weight excluding hydrogens is 381 g/mol. The van der Waals surface area contributed by atoms with Crippen molar-refractivity contribution < 1.29 is 13.9 Å². The van der Waals surface area contributed by atoms with E-state index in [1.807, 2.05) is 12.1 Å². The lowest BCUT2D eigenvalue weighted by Crippen LogP contribution is -2.44. The van der Waals surface area contributed by atoms with Gasteiger partial charge >= 0.3 is 0 Å². The fourth-order valence-corrected chi connectivity index (χ4v) is 4.04. The second-order valence-electron chi connectivity index (χ2n) is 7.99. The Hall–Kier alpha value is -2.83. The van der Waals surface area contributed by atoms with E-state index in [4.69, 9.17) is 4.74 Å². The van der Waals surface area contributed by atoms with E-state index >= 15 is 0 Å². The molecule has 2 aromatic carbocycles. The van der Waals surface area contributed by atoms with Gasteiger partial charge in [-0.3, -0.25) is 14.7 Å². The summed E-state index contributed by atoms with van der Waals surface area (Å²) in [7, 11) is 0. The van der Waals surface area contributed by atoms with Gasteiger partial charge in [0.05, 0.1) is 17.8 Å². The molecule has 2 atom stereocenters. The lowest BCUT2D eigenvalue weighted by atomic mass is 10.1. The van der Waals surface area contributed by atoms with Crippen molar-refractivity contribution in [1.82, 2.24) is 15.2 Å². The van der Waals surface area contributed by atoms with Gasteiger partial charge in [-0.2, -0.15) is 0 Å². The molecule has 156 valence electrons. The van der Waals surface area contributed by atoms with Crippen LogP contribution in [0.3, 0.4) is 0 Å². The van der Waals surface area contributed by atoms with Gasteiger partial charge in [0.25, 0.3) is 5.91 Å². The molecule has 1 amide bonds. The molecule has 1 saturated heterocycles. The molecule has 30 heavy (non-hydrogen) atoms. The van der Waals surface area contributed by atoms with Crippen molar-refractivity contribution in [2.75, 3.05) is 13.1 Å². The molecule has 0 aliphatic carbocycles. The molecule has 5 nitrogen and oxygen atoms in total. The van der Waals surface area contributed by atoms with Gasteiger partial charge in [-0.25, -0.2) is 4.39 Å². The lowest BCUT2D eigenvalue weighted by molar-refractivity contribution is -0.0704. The van der Waals surface area contributed by atoms with E-state index in [0.717, 1.165) is 25.2 Å². The molecule has 4 rings (SSSR count). The molecule has 1 N–H and O–H groups in total. The predicted molar refractivity (Wildman–Crippen MR) is 115 cm³/mol. The van der Waals surface area contributed by atoms with Crippen molar-refractivity contribution in [2.24, 2.45) is 0 Å². The summed E-state index contributed by atoms with van der Waals surface area (Å²) in [6, 6.07) is 14.6. The first-order valence-corrected chi connectivity index (χ1v) is 10.3. The fraction of sp³-hybridized carbons (Fsp3) is 0.333. The highest BCUT2D eigenvalue weighted by Crippen LogP contribution is 2.17. The molecule has 0 spiro atoms. The van der Waals surface area contributed by atoms with Crippen LogP contribution in [0.2, 0.25) is 0 Å². The van der Waals surface area contributed by atoms with Gasteiger partial charge < -0.3 is 10.1 Å². The second-order valence-corrected chi connectivity index (χ2v) is 7.99. The number of halogens is 1. The number of hydrogen-bond donors (Lipinski definition) is 1. The number of carbonyl (C=O) groups is 1. The van der Waals surface area contributed by atoms with Crippen molar-refractivity contribution >= 4 is 16.8 Å². The summed E-state index contributed by atoms with van der Waals surface area (Å²) in [4.78, 5) is 19.0. The summed E-state index contributed by atoms with van der Waals surface area (Å²) in [6.07, 6.45) is 1.89. The Bertz CT molecular complexity index is 1050. The smallest absolute Gasteiger partial charge is 0.253 e. The maximum absolute atomic E-state index is 13.8. The number of nitrogens with one attached hydrogen (secondary N) is 1. The van der Waals surface area contributed by atoms with Gasteiger partial charge in [-0.05, 0) is 37.1 Å². The van der Waals surface area contributed by atoms with E-state index in [2.05, 4.69) is 41.2 Å². The average molecular weight is 407 g/mol. The van der Waals surface area contributed by atoms with E-state index in [-0.39, 0.29) is 29.4 Å². The van der Waals surface area contributed by atoms with E-state index in [1.165, 1.54) is 17.8 Å². The molecule has 0 saturated carbocycles. The average Bonchev–Trinajstić information content (AvgIpc) is 2.71. The standard InChI is InChI=1S/C24H26FN3O2/c1-16-13-28(14-17(2)30-16)15-19-6-3-5-18(9-19)11-27-24(29)21-10-20-7-4-8-22(25)23(20)26-12-21/h3-10,12,16-17H,11,13-15H2,1-2H3,(H,27,29). The number of hydrogen-bond acceptors (Lipinski definition) is 4. The van der Waals surface area contributed by atoms with E-state index < -0.39 is 0 Å². The van der Waals surface area contributed by atoms with Gasteiger partial charge in [0.1, 0.15) is 11.3 Å². The Morgan fingerprint density at radius 1 is 1.13 bits per heavy atom. The van der Waals surface area contributed by atoms with Gasteiger partial charge in [0, 0.05) is 37.8 Å². The zero-order valence-corrected chi connectivity index (χ0v) is 17.3. The van der Waals surface area contributed by atoms with Crippen molar-refractivity contribution in [3.8, 4) is 0 Å². The van der Waals surface area contributed by atoms with Crippen LogP contribution in [0.4, 0.5) is 4.39 Å². The van der Waals surface area contributed by atoms with Crippen LogP contribution < -0.4 is 5.32 Å². The third-order valence-corrected chi connectivity index (χ3v) is 5.27. The molecule has 0 radical (unpaired) electrons. The lowest BCUT2D eigenvalue weighted by Gasteiger charge is -2.35. The third-order valence-electron chi connectivity index (χ3n) is 5.27. The summed E-state index contributed by atoms with van der Waals surface area (Å²) in [5.74, 6) is -0.616. The van der Waals surface area contributed by atoms with E-state index in [9.17, 15) is 9.18 Å². The fourth-order valence-electron chi connectivity index (χ4n) is 4.04. The molecule has 6 heteroatoms. The Labute approximate surface area is 175 Å². The van der Waals surface area contributed by atoms with E-state index in [0.29, 0.717) is 17.5 Å². The number of para-hydroxylation sites is 1. The molecule has 1 aromatic heterocycles. The van der Waals surface area contributed by atoms with Crippen molar-refractivity contribution in [3.63, 3.8) is 0 Å². The first-order chi connectivity index (χ1) is 14.5. The summed E-state index contributed by atoms with van der Waals surface area (Å²) in [5, 5.41) is 3.54. The minimum atomic E-state index is -0.389. The Balaban J connectivity index is 1.39. The van der Waals surface area contributed by atoms with Gasteiger partial charge in [-0.15, -0.1) is 0 Å². The molecule has 3 aromatic rings. The van der Waals surface area contributed by atoms with Crippen LogP contribution in [0.15, 0.2) is 54.7 Å². The molecule has 2 heterocycles. The second kappa shape index (κ2) is 8.90. The minimum Gasteiger partial charge on any atom is -0.373 e. The SMILES string of the molecule is CC1CN(Cc2cccc(CNC(=O)c3cnc4c(F)cccc4c3)c2)CC(C)O1. The van der Waals surface area contributed by atoms with Crippen molar-refractivity contribution in [1.29, 1.82) is 0 Å². The molecular formula is C24H26FN3O2. The zero-order valence-electron chi connectivity index (χ0n) is 17.3. The van der Waals surface area contributed by atoms with Crippen LogP contribution in [0, 0.1) is 5.82 Å². The summed E-state index contributed by atoms with van der Waals surface area (Å²) in [6.45, 7) is 7.32. The van der Waals surface area contributed by atoms with Crippen LogP contribution >= 0.6 is 0 Å². The van der Waals surface area contributed by atoms with E-state index in [1.54, 1.807) is 18.2 Å². The number of carbonyl (C=O) groups excluding carboxylic acids is 1. The first-order valence-electron chi connectivity index (χ1n) is 10.3. The van der Waals surface area contributed by atoms with Crippen molar-refractivity contribution in [2.45, 2.75) is 39.1 Å². The Morgan fingerprint density at radius 2 is 1.87 bits per heavy atom.